The maximum atomic E-state index is 12.0. The second kappa shape index (κ2) is 6.92. The summed E-state index contributed by atoms with van der Waals surface area (Å²) < 4.78 is 2.00. The zero-order valence-corrected chi connectivity index (χ0v) is 12.8. The fourth-order valence-corrected chi connectivity index (χ4v) is 2.14. The molecule has 0 aliphatic heterocycles. The molecule has 1 heterocycles. The summed E-state index contributed by atoms with van der Waals surface area (Å²) in [5.74, 6) is 0.00896. The summed E-state index contributed by atoms with van der Waals surface area (Å²) in [6, 6.07) is 9.57. The van der Waals surface area contributed by atoms with Crippen LogP contribution >= 0.6 is 0 Å². The molecule has 0 saturated carbocycles. The fraction of sp³-hybridized carbons (Fsp3) is 0.375. The highest BCUT2D eigenvalue weighted by molar-refractivity contribution is 5.94. The van der Waals surface area contributed by atoms with Gasteiger partial charge >= 0.3 is 0 Å². The zero-order chi connectivity index (χ0) is 15.2. The van der Waals surface area contributed by atoms with Gasteiger partial charge < -0.3 is 10.2 Å². The summed E-state index contributed by atoms with van der Waals surface area (Å²) in [7, 11) is 3.51. The van der Waals surface area contributed by atoms with Gasteiger partial charge in [-0.1, -0.05) is 13.0 Å². The third-order valence-corrected chi connectivity index (χ3v) is 3.23. The number of aryl methyl sites for hydroxylation is 1. The summed E-state index contributed by atoms with van der Waals surface area (Å²) in [5, 5.41) is 7.65. The minimum Gasteiger partial charge on any atom is -0.379 e. The van der Waals surface area contributed by atoms with Crippen LogP contribution in [-0.2, 0) is 13.1 Å². The van der Waals surface area contributed by atoms with E-state index < -0.39 is 0 Å². The van der Waals surface area contributed by atoms with Crippen molar-refractivity contribution in [3.8, 4) is 0 Å². The number of carbonyl (C=O) groups is 1. The molecule has 0 fully saturated rings. The topological polar surface area (TPSA) is 50.2 Å². The quantitative estimate of drug-likeness (QED) is 0.888. The van der Waals surface area contributed by atoms with Crippen molar-refractivity contribution in [1.29, 1.82) is 0 Å². The van der Waals surface area contributed by atoms with Gasteiger partial charge in [0.15, 0.2) is 0 Å². The molecule has 0 aliphatic rings. The van der Waals surface area contributed by atoms with Crippen LogP contribution in [0.2, 0.25) is 0 Å². The highest BCUT2D eigenvalue weighted by Crippen LogP contribution is 2.13. The minimum atomic E-state index is 0.00896. The van der Waals surface area contributed by atoms with Crippen LogP contribution in [0.25, 0.3) is 0 Å². The molecule has 5 nitrogen and oxygen atoms in total. The van der Waals surface area contributed by atoms with Gasteiger partial charge in [-0.15, -0.1) is 0 Å². The van der Waals surface area contributed by atoms with Gasteiger partial charge in [0.05, 0.1) is 12.2 Å². The lowest BCUT2D eigenvalue weighted by molar-refractivity contribution is 0.0827. The predicted octanol–water partition coefficient (Wildman–Crippen LogP) is 2.61. The molecule has 112 valence electrons. The van der Waals surface area contributed by atoms with Gasteiger partial charge in [-0.2, -0.15) is 5.10 Å². The normalized spacial score (nSPS) is 10.4. The van der Waals surface area contributed by atoms with Crippen molar-refractivity contribution in [2.45, 2.75) is 26.4 Å². The Morgan fingerprint density at radius 3 is 2.86 bits per heavy atom. The van der Waals surface area contributed by atoms with Crippen LogP contribution in [0.5, 0.6) is 0 Å². The van der Waals surface area contributed by atoms with Gasteiger partial charge in [-0.25, -0.2) is 0 Å². The lowest BCUT2D eigenvalue weighted by atomic mass is 10.2. The Morgan fingerprint density at radius 2 is 2.14 bits per heavy atom. The Balaban J connectivity index is 2.05. The van der Waals surface area contributed by atoms with Gasteiger partial charge in [-0.3, -0.25) is 9.48 Å². The average molecular weight is 286 g/mol. The van der Waals surface area contributed by atoms with E-state index in [0.717, 1.165) is 24.3 Å². The van der Waals surface area contributed by atoms with E-state index in [0.29, 0.717) is 12.1 Å². The van der Waals surface area contributed by atoms with E-state index in [-0.39, 0.29) is 5.91 Å². The summed E-state index contributed by atoms with van der Waals surface area (Å²) in [6.07, 6.45) is 2.88. The second-order valence-corrected chi connectivity index (χ2v) is 5.18. The van der Waals surface area contributed by atoms with Gasteiger partial charge in [-0.05, 0) is 30.7 Å². The van der Waals surface area contributed by atoms with Crippen LogP contribution in [0, 0.1) is 0 Å². The average Bonchev–Trinajstić information content (AvgIpc) is 2.92. The SMILES string of the molecule is CCCn1nccc1CNc1cccc(C(=O)N(C)C)c1. The number of aromatic nitrogens is 2. The number of nitrogens with zero attached hydrogens (tertiary/aromatic N) is 3. The van der Waals surface area contributed by atoms with Crippen molar-refractivity contribution >= 4 is 11.6 Å². The van der Waals surface area contributed by atoms with Crippen molar-refractivity contribution in [2.24, 2.45) is 0 Å². The molecule has 1 N–H and O–H groups in total. The lowest BCUT2D eigenvalue weighted by Crippen LogP contribution is -2.21. The standard InChI is InChI=1S/C16H22N4O/c1-4-10-20-15(8-9-18-20)12-17-14-7-5-6-13(11-14)16(21)19(2)3/h5-9,11,17H,4,10,12H2,1-3H3. The number of rotatable bonds is 6. The molecule has 0 radical (unpaired) electrons. The highest BCUT2D eigenvalue weighted by atomic mass is 16.2. The van der Waals surface area contributed by atoms with Gasteiger partial charge in [0.2, 0.25) is 0 Å². The van der Waals surface area contributed by atoms with E-state index >= 15 is 0 Å². The monoisotopic (exact) mass is 286 g/mol. The van der Waals surface area contributed by atoms with E-state index in [2.05, 4.69) is 17.3 Å². The predicted molar refractivity (Wildman–Crippen MR) is 84.3 cm³/mol. The van der Waals surface area contributed by atoms with Crippen molar-refractivity contribution < 1.29 is 4.79 Å². The van der Waals surface area contributed by atoms with Crippen LogP contribution in [0.15, 0.2) is 36.5 Å². The molecular formula is C16H22N4O. The first kappa shape index (κ1) is 15.1. The van der Waals surface area contributed by atoms with Crippen molar-refractivity contribution in [3.63, 3.8) is 0 Å². The molecule has 2 rings (SSSR count). The van der Waals surface area contributed by atoms with Crippen molar-refractivity contribution in [1.82, 2.24) is 14.7 Å². The largest absolute Gasteiger partial charge is 0.379 e. The fourth-order valence-electron chi connectivity index (χ4n) is 2.14. The molecule has 0 unspecified atom stereocenters. The van der Waals surface area contributed by atoms with Crippen LogP contribution in [0.4, 0.5) is 5.69 Å². The third-order valence-electron chi connectivity index (χ3n) is 3.23. The summed E-state index contributed by atoms with van der Waals surface area (Å²) >= 11 is 0. The first-order valence-corrected chi connectivity index (χ1v) is 7.18. The maximum Gasteiger partial charge on any atom is 0.253 e. The van der Waals surface area contributed by atoms with Gasteiger partial charge in [0, 0.05) is 38.1 Å². The summed E-state index contributed by atoms with van der Waals surface area (Å²) in [4.78, 5) is 13.5. The first-order chi connectivity index (χ1) is 10.1. The molecule has 0 bridgehead atoms. The second-order valence-electron chi connectivity index (χ2n) is 5.18. The van der Waals surface area contributed by atoms with E-state index in [1.54, 1.807) is 19.0 Å². The lowest BCUT2D eigenvalue weighted by Gasteiger charge is -2.12. The van der Waals surface area contributed by atoms with Crippen molar-refractivity contribution in [3.05, 3.63) is 47.8 Å². The molecule has 0 spiro atoms. The van der Waals surface area contributed by atoms with Gasteiger partial charge in [0.25, 0.3) is 5.91 Å². The Kier molecular flexibility index (Phi) is 4.98. The van der Waals surface area contributed by atoms with Crippen LogP contribution in [0.1, 0.15) is 29.4 Å². The Hall–Kier alpha value is -2.30. The van der Waals surface area contributed by atoms with E-state index in [4.69, 9.17) is 0 Å². The molecule has 21 heavy (non-hydrogen) atoms. The number of hydrogen-bond acceptors (Lipinski definition) is 3. The van der Waals surface area contributed by atoms with E-state index in [1.807, 2.05) is 41.2 Å². The third kappa shape index (κ3) is 3.84. The number of amides is 1. The molecular weight excluding hydrogens is 264 g/mol. The van der Waals surface area contributed by atoms with Crippen LogP contribution in [-0.4, -0.2) is 34.7 Å². The van der Waals surface area contributed by atoms with Crippen LogP contribution in [0.3, 0.4) is 0 Å². The first-order valence-electron chi connectivity index (χ1n) is 7.18. The summed E-state index contributed by atoms with van der Waals surface area (Å²) in [6.45, 7) is 3.75. The number of hydrogen-bond donors (Lipinski definition) is 1. The summed E-state index contributed by atoms with van der Waals surface area (Å²) in [5.41, 5.74) is 2.76. The zero-order valence-electron chi connectivity index (χ0n) is 12.8. The number of benzene rings is 1. The molecule has 1 aromatic carbocycles. The molecule has 2 aromatic rings. The molecule has 1 amide bonds. The minimum absolute atomic E-state index is 0.00896. The Labute approximate surface area is 125 Å². The molecule has 5 heteroatoms. The van der Waals surface area contributed by atoms with Gasteiger partial charge in [0.1, 0.15) is 0 Å². The number of carbonyl (C=O) groups excluding carboxylic acids is 1. The molecule has 1 aromatic heterocycles. The Morgan fingerprint density at radius 1 is 1.33 bits per heavy atom. The van der Waals surface area contributed by atoms with E-state index in [1.165, 1.54) is 0 Å². The maximum absolute atomic E-state index is 12.0. The van der Waals surface area contributed by atoms with Crippen molar-refractivity contribution in [2.75, 3.05) is 19.4 Å². The van der Waals surface area contributed by atoms with Crippen LogP contribution < -0.4 is 5.32 Å². The van der Waals surface area contributed by atoms with E-state index in [9.17, 15) is 4.79 Å². The Bertz CT molecular complexity index is 604. The molecule has 0 aliphatic carbocycles. The highest BCUT2D eigenvalue weighted by Gasteiger charge is 2.08. The molecule has 0 atom stereocenters. The molecule has 0 saturated heterocycles. The number of nitrogens with one attached hydrogen (secondary N) is 1. The number of anilines is 1. The smallest absolute Gasteiger partial charge is 0.253 e.